The van der Waals surface area contributed by atoms with E-state index < -0.39 is 0 Å². The number of hydrogen-bond acceptors (Lipinski definition) is 5. The molecule has 2 aromatic rings. The quantitative estimate of drug-likeness (QED) is 0.595. The van der Waals surface area contributed by atoms with Gasteiger partial charge in [0.25, 0.3) is 5.56 Å². The summed E-state index contributed by atoms with van der Waals surface area (Å²) >= 11 is 1.34. The van der Waals surface area contributed by atoms with Gasteiger partial charge in [-0.2, -0.15) is 0 Å². The molecule has 0 radical (unpaired) electrons. The Labute approximate surface area is 169 Å². The van der Waals surface area contributed by atoms with E-state index in [0.29, 0.717) is 28.6 Å². The molecular formula is C21H27N3O3S. The van der Waals surface area contributed by atoms with E-state index in [1.165, 1.54) is 31.0 Å². The van der Waals surface area contributed by atoms with Crippen LogP contribution in [0.2, 0.25) is 0 Å². The van der Waals surface area contributed by atoms with E-state index in [2.05, 4.69) is 10.3 Å². The molecule has 1 saturated carbocycles. The lowest BCUT2D eigenvalue weighted by atomic mass is 9.95. The van der Waals surface area contributed by atoms with E-state index in [1.807, 2.05) is 18.2 Å². The molecule has 0 spiro atoms. The summed E-state index contributed by atoms with van der Waals surface area (Å²) in [6.45, 7) is 1.23. The summed E-state index contributed by atoms with van der Waals surface area (Å²) in [5.41, 5.74) is 0.613. The number of para-hydroxylation sites is 1. The minimum Gasteiger partial charge on any atom is -0.376 e. The van der Waals surface area contributed by atoms with Gasteiger partial charge in [0, 0.05) is 12.6 Å². The van der Waals surface area contributed by atoms with Crippen LogP contribution in [0.25, 0.3) is 10.9 Å². The van der Waals surface area contributed by atoms with Crippen molar-refractivity contribution in [3.63, 3.8) is 0 Å². The molecule has 2 aliphatic rings. The first-order chi connectivity index (χ1) is 13.7. The third-order valence-corrected chi connectivity index (χ3v) is 6.52. The van der Waals surface area contributed by atoms with Crippen molar-refractivity contribution in [2.24, 2.45) is 0 Å². The number of nitrogens with one attached hydrogen (secondary N) is 1. The van der Waals surface area contributed by atoms with E-state index in [1.54, 1.807) is 10.6 Å². The van der Waals surface area contributed by atoms with E-state index in [0.717, 1.165) is 32.3 Å². The number of ether oxygens (including phenoxy) is 1. The monoisotopic (exact) mass is 401 g/mol. The molecule has 7 heteroatoms. The second-order valence-electron chi connectivity index (χ2n) is 7.65. The van der Waals surface area contributed by atoms with Crippen LogP contribution >= 0.6 is 11.8 Å². The average molecular weight is 402 g/mol. The number of benzene rings is 1. The SMILES string of the molecule is O=C(CSc1nc2ccccc2c(=O)n1C[C@H]1CCCO1)NC1CCCCC1. The van der Waals surface area contributed by atoms with Crippen molar-refractivity contribution in [1.82, 2.24) is 14.9 Å². The van der Waals surface area contributed by atoms with Crippen molar-refractivity contribution in [3.8, 4) is 0 Å². The third kappa shape index (κ3) is 4.58. The van der Waals surface area contributed by atoms with Gasteiger partial charge in [0.05, 0.1) is 29.3 Å². The minimum atomic E-state index is -0.0590. The Morgan fingerprint density at radius 2 is 2.00 bits per heavy atom. The maximum absolute atomic E-state index is 13.1. The highest BCUT2D eigenvalue weighted by atomic mass is 32.2. The fourth-order valence-corrected chi connectivity index (χ4v) is 4.88. The standard InChI is InChI=1S/C21H27N3O3S/c25-19(22-15-7-2-1-3-8-15)14-28-21-23-18-11-5-4-10-17(18)20(26)24(21)13-16-9-6-12-27-16/h4-5,10-11,15-16H,1-3,6-9,12-14H2,(H,22,25)/t16-/m1/s1. The highest BCUT2D eigenvalue weighted by molar-refractivity contribution is 7.99. The molecule has 28 heavy (non-hydrogen) atoms. The highest BCUT2D eigenvalue weighted by Gasteiger charge is 2.21. The Kier molecular flexibility index (Phi) is 6.32. The maximum Gasteiger partial charge on any atom is 0.262 e. The van der Waals surface area contributed by atoms with Gasteiger partial charge in [0.2, 0.25) is 5.91 Å². The van der Waals surface area contributed by atoms with E-state index in [-0.39, 0.29) is 23.3 Å². The topological polar surface area (TPSA) is 73.2 Å². The summed E-state index contributed by atoms with van der Waals surface area (Å²) in [5, 5.41) is 4.34. The van der Waals surface area contributed by atoms with Gasteiger partial charge in [-0.1, -0.05) is 43.2 Å². The summed E-state index contributed by atoms with van der Waals surface area (Å²) < 4.78 is 7.42. The molecule has 1 aliphatic heterocycles. The lowest BCUT2D eigenvalue weighted by Crippen LogP contribution is -2.37. The average Bonchev–Trinajstić information content (AvgIpc) is 3.23. The zero-order chi connectivity index (χ0) is 19.3. The summed E-state index contributed by atoms with van der Waals surface area (Å²) in [7, 11) is 0. The first kappa shape index (κ1) is 19.5. The summed E-state index contributed by atoms with van der Waals surface area (Å²) in [5.74, 6) is 0.287. The number of carbonyl (C=O) groups excluding carboxylic acids is 1. The molecule has 1 aromatic carbocycles. The fraction of sp³-hybridized carbons (Fsp3) is 0.571. The molecule has 1 atom stereocenters. The first-order valence-corrected chi connectivity index (χ1v) is 11.2. The Hall–Kier alpha value is -1.86. The maximum atomic E-state index is 13.1. The molecule has 1 amide bonds. The van der Waals surface area contributed by atoms with Crippen molar-refractivity contribution in [2.75, 3.05) is 12.4 Å². The van der Waals surface area contributed by atoms with Crippen LogP contribution in [0.1, 0.15) is 44.9 Å². The van der Waals surface area contributed by atoms with Crippen LogP contribution in [-0.4, -0.2) is 40.0 Å². The van der Waals surface area contributed by atoms with Crippen LogP contribution in [0.5, 0.6) is 0 Å². The van der Waals surface area contributed by atoms with Crippen molar-refractivity contribution in [1.29, 1.82) is 0 Å². The Morgan fingerprint density at radius 3 is 2.79 bits per heavy atom. The minimum absolute atomic E-state index is 0.0166. The van der Waals surface area contributed by atoms with Crippen LogP contribution in [0.4, 0.5) is 0 Å². The second-order valence-corrected chi connectivity index (χ2v) is 8.60. The molecule has 4 rings (SSSR count). The molecular weight excluding hydrogens is 374 g/mol. The number of hydrogen-bond donors (Lipinski definition) is 1. The molecule has 1 saturated heterocycles. The Morgan fingerprint density at radius 1 is 1.18 bits per heavy atom. The molecule has 0 unspecified atom stereocenters. The summed E-state index contributed by atoms with van der Waals surface area (Å²) in [4.78, 5) is 30.2. The predicted octanol–water partition coefficient (Wildman–Crippen LogP) is 3.12. The molecule has 6 nitrogen and oxygen atoms in total. The second kappa shape index (κ2) is 9.09. The number of carbonyl (C=O) groups is 1. The lowest BCUT2D eigenvalue weighted by Gasteiger charge is -2.22. The van der Waals surface area contributed by atoms with Crippen molar-refractivity contribution in [2.45, 2.75) is 68.8 Å². The number of fused-ring (bicyclic) bond motifs is 1. The van der Waals surface area contributed by atoms with Crippen LogP contribution < -0.4 is 10.9 Å². The zero-order valence-electron chi connectivity index (χ0n) is 16.1. The zero-order valence-corrected chi connectivity index (χ0v) is 16.9. The van der Waals surface area contributed by atoms with Crippen molar-refractivity contribution < 1.29 is 9.53 Å². The fourth-order valence-electron chi connectivity index (χ4n) is 4.06. The van der Waals surface area contributed by atoms with Gasteiger partial charge >= 0.3 is 0 Å². The predicted molar refractivity (Wildman–Crippen MR) is 111 cm³/mol. The van der Waals surface area contributed by atoms with Gasteiger partial charge in [-0.15, -0.1) is 0 Å². The lowest BCUT2D eigenvalue weighted by molar-refractivity contribution is -0.119. The van der Waals surface area contributed by atoms with E-state index in [9.17, 15) is 9.59 Å². The number of thioether (sulfide) groups is 1. The first-order valence-electron chi connectivity index (χ1n) is 10.2. The molecule has 1 aromatic heterocycles. The molecule has 2 heterocycles. The molecule has 150 valence electrons. The van der Waals surface area contributed by atoms with Crippen LogP contribution in [-0.2, 0) is 16.1 Å². The van der Waals surface area contributed by atoms with Gasteiger partial charge in [-0.05, 0) is 37.8 Å². The number of rotatable bonds is 6. The van der Waals surface area contributed by atoms with Crippen molar-refractivity contribution >= 4 is 28.6 Å². The summed E-state index contributed by atoms with van der Waals surface area (Å²) in [6.07, 6.45) is 7.77. The molecule has 0 bridgehead atoms. The van der Waals surface area contributed by atoms with Gasteiger partial charge < -0.3 is 10.1 Å². The Balaban J connectivity index is 1.52. The number of nitrogens with zero attached hydrogens (tertiary/aromatic N) is 2. The largest absolute Gasteiger partial charge is 0.376 e. The van der Waals surface area contributed by atoms with Gasteiger partial charge in [-0.25, -0.2) is 4.98 Å². The molecule has 1 N–H and O–H groups in total. The van der Waals surface area contributed by atoms with Gasteiger partial charge in [0.1, 0.15) is 0 Å². The van der Waals surface area contributed by atoms with Crippen LogP contribution in [0, 0.1) is 0 Å². The number of aromatic nitrogens is 2. The third-order valence-electron chi connectivity index (χ3n) is 5.54. The van der Waals surface area contributed by atoms with E-state index in [4.69, 9.17) is 4.74 Å². The smallest absolute Gasteiger partial charge is 0.262 e. The number of amides is 1. The van der Waals surface area contributed by atoms with Crippen LogP contribution in [0.3, 0.4) is 0 Å². The summed E-state index contributed by atoms with van der Waals surface area (Å²) in [6, 6.07) is 7.68. The van der Waals surface area contributed by atoms with Crippen molar-refractivity contribution in [3.05, 3.63) is 34.6 Å². The van der Waals surface area contributed by atoms with E-state index >= 15 is 0 Å². The van der Waals surface area contributed by atoms with Gasteiger partial charge in [-0.3, -0.25) is 14.2 Å². The van der Waals surface area contributed by atoms with Crippen LogP contribution in [0.15, 0.2) is 34.2 Å². The molecule has 1 aliphatic carbocycles. The Bertz CT molecular complexity index is 886. The normalized spacial score (nSPS) is 20.5. The van der Waals surface area contributed by atoms with Gasteiger partial charge in [0.15, 0.2) is 5.16 Å². The highest BCUT2D eigenvalue weighted by Crippen LogP contribution is 2.22. The molecule has 2 fully saturated rings.